The standard InChI is InChI=1S/C18H28N4O2/c1-18(9-11-24-16(18)13-6-7-13)20-17(23)19-12-14-8-10-22(21-14)15-4-2-3-5-15/h8,10,13,15-16H,2-7,9,11-12H2,1H3,(H2,19,20,23). The number of rotatable bonds is 5. The van der Waals surface area contributed by atoms with Crippen molar-refractivity contribution in [1.29, 1.82) is 0 Å². The van der Waals surface area contributed by atoms with E-state index >= 15 is 0 Å². The Kier molecular flexibility index (Phi) is 4.24. The summed E-state index contributed by atoms with van der Waals surface area (Å²) in [7, 11) is 0. The third-order valence-corrected chi connectivity index (χ3v) is 5.79. The van der Waals surface area contributed by atoms with E-state index in [0.717, 1.165) is 18.7 Å². The van der Waals surface area contributed by atoms with Crippen molar-refractivity contribution in [3.8, 4) is 0 Å². The van der Waals surface area contributed by atoms with E-state index < -0.39 is 0 Å². The summed E-state index contributed by atoms with van der Waals surface area (Å²) < 4.78 is 7.92. The van der Waals surface area contributed by atoms with Gasteiger partial charge in [0.05, 0.1) is 29.9 Å². The number of hydrogen-bond acceptors (Lipinski definition) is 3. The molecule has 1 aromatic rings. The van der Waals surface area contributed by atoms with Crippen molar-refractivity contribution in [2.24, 2.45) is 5.92 Å². The van der Waals surface area contributed by atoms with Crippen LogP contribution in [0.15, 0.2) is 12.3 Å². The van der Waals surface area contributed by atoms with Crippen LogP contribution < -0.4 is 10.6 Å². The van der Waals surface area contributed by atoms with E-state index in [4.69, 9.17) is 4.74 Å². The normalized spacial score (nSPS) is 30.6. The van der Waals surface area contributed by atoms with Crippen LogP contribution >= 0.6 is 0 Å². The van der Waals surface area contributed by atoms with Crippen LogP contribution in [-0.4, -0.2) is 34.1 Å². The van der Waals surface area contributed by atoms with Gasteiger partial charge in [-0.15, -0.1) is 0 Å². The van der Waals surface area contributed by atoms with Gasteiger partial charge in [0.1, 0.15) is 0 Å². The van der Waals surface area contributed by atoms with Gasteiger partial charge in [-0.1, -0.05) is 12.8 Å². The molecule has 0 spiro atoms. The average Bonchev–Trinajstić information content (AvgIpc) is 2.97. The summed E-state index contributed by atoms with van der Waals surface area (Å²) in [5, 5.41) is 10.7. The van der Waals surface area contributed by atoms with Gasteiger partial charge in [0.25, 0.3) is 0 Å². The van der Waals surface area contributed by atoms with Gasteiger partial charge in [-0.2, -0.15) is 5.10 Å². The molecule has 2 saturated carbocycles. The first kappa shape index (κ1) is 15.9. The predicted octanol–water partition coefficient (Wildman–Crippen LogP) is 2.76. The zero-order valence-corrected chi connectivity index (χ0v) is 14.5. The Hall–Kier alpha value is -1.56. The molecule has 2 atom stereocenters. The predicted molar refractivity (Wildman–Crippen MR) is 90.6 cm³/mol. The Labute approximate surface area is 143 Å². The maximum atomic E-state index is 12.3. The molecule has 1 aliphatic heterocycles. The van der Waals surface area contributed by atoms with Gasteiger partial charge in [0, 0.05) is 12.8 Å². The van der Waals surface area contributed by atoms with Crippen LogP contribution in [0.3, 0.4) is 0 Å². The van der Waals surface area contributed by atoms with E-state index in [1.807, 2.05) is 12.3 Å². The van der Waals surface area contributed by atoms with Gasteiger partial charge in [0.15, 0.2) is 0 Å². The number of ether oxygens (including phenoxy) is 1. The maximum Gasteiger partial charge on any atom is 0.315 e. The second kappa shape index (κ2) is 6.39. The van der Waals surface area contributed by atoms with Gasteiger partial charge in [-0.05, 0) is 51.0 Å². The van der Waals surface area contributed by atoms with Gasteiger partial charge < -0.3 is 15.4 Å². The van der Waals surface area contributed by atoms with Crippen LogP contribution in [-0.2, 0) is 11.3 Å². The molecule has 4 rings (SSSR count). The minimum Gasteiger partial charge on any atom is -0.375 e. The van der Waals surface area contributed by atoms with Crippen LogP contribution in [0.5, 0.6) is 0 Å². The lowest BCUT2D eigenvalue weighted by molar-refractivity contribution is 0.0591. The van der Waals surface area contributed by atoms with Gasteiger partial charge >= 0.3 is 6.03 Å². The molecule has 3 fully saturated rings. The molecular formula is C18H28N4O2. The topological polar surface area (TPSA) is 68.2 Å². The Morgan fingerprint density at radius 2 is 2.17 bits per heavy atom. The first-order valence-electron chi connectivity index (χ1n) is 9.36. The third-order valence-electron chi connectivity index (χ3n) is 5.79. The van der Waals surface area contributed by atoms with Crippen LogP contribution in [0, 0.1) is 5.92 Å². The Bertz CT molecular complexity index is 592. The molecule has 2 heterocycles. The van der Waals surface area contributed by atoms with E-state index in [1.165, 1.54) is 38.5 Å². The zero-order chi connectivity index (χ0) is 16.6. The lowest BCUT2D eigenvalue weighted by Crippen LogP contribution is -2.55. The lowest BCUT2D eigenvalue weighted by atomic mass is 9.90. The summed E-state index contributed by atoms with van der Waals surface area (Å²) in [6.07, 6.45) is 10.6. The smallest absolute Gasteiger partial charge is 0.315 e. The lowest BCUT2D eigenvalue weighted by Gasteiger charge is -2.31. The minimum absolute atomic E-state index is 0.121. The highest BCUT2D eigenvalue weighted by Crippen LogP contribution is 2.43. The molecule has 2 N–H and O–H groups in total. The fourth-order valence-electron chi connectivity index (χ4n) is 4.23. The van der Waals surface area contributed by atoms with E-state index in [9.17, 15) is 4.79 Å². The largest absolute Gasteiger partial charge is 0.375 e. The molecule has 2 unspecified atom stereocenters. The first-order chi connectivity index (χ1) is 11.6. The molecule has 1 aromatic heterocycles. The van der Waals surface area contributed by atoms with Crippen LogP contribution in [0.25, 0.3) is 0 Å². The zero-order valence-electron chi connectivity index (χ0n) is 14.5. The highest BCUT2D eigenvalue weighted by Gasteiger charge is 2.48. The highest BCUT2D eigenvalue weighted by molar-refractivity contribution is 5.74. The van der Waals surface area contributed by atoms with E-state index in [1.54, 1.807) is 0 Å². The Morgan fingerprint density at radius 3 is 2.92 bits per heavy atom. The fourth-order valence-corrected chi connectivity index (χ4v) is 4.23. The van der Waals surface area contributed by atoms with Crippen molar-refractivity contribution >= 4 is 6.03 Å². The molecule has 0 bridgehead atoms. The van der Waals surface area contributed by atoms with Crippen LogP contribution in [0.2, 0.25) is 0 Å². The average molecular weight is 332 g/mol. The summed E-state index contributed by atoms with van der Waals surface area (Å²) in [5.41, 5.74) is 0.678. The molecule has 2 aliphatic carbocycles. The summed E-state index contributed by atoms with van der Waals surface area (Å²) in [6.45, 7) is 3.32. The number of carbonyl (C=O) groups excluding carboxylic acids is 1. The second-order valence-electron chi connectivity index (χ2n) is 7.83. The quantitative estimate of drug-likeness (QED) is 0.871. The van der Waals surface area contributed by atoms with Crippen molar-refractivity contribution in [3.63, 3.8) is 0 Å². The van der Waals surface area contributed by atoms with E-state index in [-0.39, 0.29) is 17.7 Å². The molecule has 2 amide bonds. The molecule has 6 heteroatoms. The summed E-state index contributed by atoms with van der Waals surface area (Å²) in [6, 6.07) is 2.43. The SMILES string of the molecule is CC1(NC(=O)NCc2ccn(C3CCCC3)n2)CCOC1C1CC1. The molecule has 24 heavy (non-hydrogen) atoms. The number of urea groups is 1. The number of nitrogens with zero attached hydrogens (tertiary/aromatic N) is 2. The molecule has 3 aliphatic rings. The Balaban J connectivity index is 1.28. The Morgan fingerprint density at radius 1 is 1.38 bits per heavy atom. The molecule has 0 aromatic carbocycles. The van der Waals surface area contributed by atoms with Gasteiger partial charge in [-0.25, -0.2) is 4.79 Å². The molecule has 1 saturated heterocycles. The molecule has 0 radical (unpaired) electrons. The third kappa shape index (κ3) is 3.29. The highest BCUT2D eigenvalue weighted by atomic mass is 16.5. The van der Waals surface area contributed by atoms with Crippen molar-refractivity contribution in [2.45, 2.75) is 76.1 Å². The first-order valence-corrected chi connectivity index (χ1v) is 9.36. The summed E-state index contributed by atoms with van der Waals surface area (Å²) in [4.78, 5) is 12.3. The maximum absolute atomic E-state index is 12.3. The van der Waals surface area contributed by atoms with Crippen molar-refractivity contribution in [2.75, 3.05) is 6.61 Å². The van der Waals surface area contributed by atoms with Gasteiger partial charge in [0.2, 0.25) is 0 Å². The fraction of sp³-hybridized carbons (Fsp3) is 0.778. The number of hydrogen-bond donors (Lipinski definition) is 2. The van der Waals surface area contributed by atoms with E-state index in [2.05, 4.69) is 27.3 Å². The molecular weight excluding hydrogens is 304 g/mol. The summed E-state index contributed by atoms with van der Waals surface area (Å²) in [5.74, 6) is 0.625. The summed E-state index contributed by atoms with van der Waals surface area (Å²) >= 11 is 0. The van der Waals surface area contributed by atoms with Crippen molar-refractivity contribution in [3.05, 3.63) is 18.0 Å². The van der Waals surface area contributed by atoms with Crippen molar-refractivity contribution < 1.29 is 9.53 Å². The van der Waals surface area contributed by atoms with E-state index in [0.29, 0.717) is 18.5 Å². The molecule has 6 nitrogen and oxygen atoms in total. The minimum atomic E-state index is -0.242. The number of aromatic nitrogens is 2. The second-order valence-corrected chi connectivity index (χ2v) is 7.83. The van der Waals surface area contributed by atoms with Gasteiger partial charge in [-0.3, -0.25) is 4.68 Å². The van der Waals surface area contributed by atoms with Crippen LogP contribution in [0.4, 0.5) is 4.79 Å². The van der Waals surface area contributed by atoms with Crippen LogP contribution in [0.1, 0.15) is 63.6 Å². The number of nitrogens with one attached hydrogen (secondary N) is 2. The monoisotopic (exact) mass is 332 g/mol. The molecule has 132 valence electrons. The number of carbonyl (C=O) groups is 1. The number of amides is 2. The van der Waals surface area contributed by atoms with Crippen molar-refractivity contribution in [1.82, 2.24) is 20.4 Å².